The molecule has 0 spiro atoms. The van der Waals surface area contributed by atoms with Crippen molar-refractivity contribution < 1.29 is 19.4 Å². The van der Waals surface area contributed by atoms with Gasteiger partial charge < -0.3 is 15.2 Å². The van der Waals surface area contributed by atoms with Gasteiger partial charge in [0.15, 0.2) is 5.54 Å². The van der Waals surface area contributed by atoms with Crippen molar-refractivity contribution in [2.75, 3.05) is 0 Å². The monoisotopic (exact) mass is 303 g/mol. The summed E-state index contributed by atoms with van der Waals surface area (Å²) >= 11 is 0. The molecule has 3 rings (SSSR count). The van der Waals surface area contributed by atoms with E-state index in [1.54, 1.807) is 31.2 Å². The third-order valence-electron chi connectivity index (χ3n) is 4.94. The molecule has 0 saturated carbocycles. The lowest BCUT2D eigenvalue weighted by Crippen LogP contribution is -2.54. The molecular formula is C17H21NO4. The number of rotatable bonds is 5. The van der Waals surface area contributed by atoms with E-state index in [1.165, 1.54) is 0 Å². The molecule has 2 fully saturated rings. The number of nitrogens with one attached hydrogen (secondary N) is 1. The molecule has 2 aliphatic rings. The molecule has 0 radical (unpaired) electrons. The summed E-state index contributed by atoms with van der Waals surface area (Å²) in [6, 6.07) is 8.90. The van der Waals surface area contributed by atoms with Crippen LogP contribution in [-0.4, -0.2) is 29.2 Å². The van der Waals surface area contributed by atoms with Crippen LogP contribution in [0.15, 0.2) is 30.3 Å². The van der Waals surface area contributed by atoms with Gasteiger partial charge >= 0.3 is 5.97 Å². The number of carbonyl (C=O) groups is 2. The average molecular weight is 303 g/mol. The highest BCUT2D eigenvalue weighted by molar-refractivity contribution is 5.89. The SMILES string of the molecule is CCC(NC(=O)C1CC2CCC1O2)(C(=O)O)c1ccccc1. The molecule has 2 aliphatic heterocycles. The first kappa shape index (κ1) is 15.0. The maximum Gasteiger partial charge on any atom is 0.334 e. The Balaban J connectivity index is 1.84. The number of hydrogen-bond donors (Lipinski definition) is 2. The minimum absolute atomic E-state index is 0.0517. The van der Waals surface area contributed by atoms with E-state index < -0.39 is 11.5 Å². The molecule has 5 heteroatoms. The Labute approximate surface area is 129 Å². The van der Waals surface area contributed by atoms with Crippen LogP contribution in [0.25, 0.3) is 0 Å². The van der Waals surface area contributed by atoms with Crippen molar-refractivity contribution in [3.63, 3.8) is 0 Å². The lowest BCUT2D eigenvalue weighted by molar-refractivity contribution is -0.149. The zero-order valence-electron chi connectivity index (χ0n) is 12.6. The number of carboxylic acids is 1. The Bertz CT molecular complexity index is 573. The summed E-state index contributed by atoms with van der Waals surface area (Å²) < 4.78 is 5.71. The number of ether oxygens (including phenoxy) is 1. The van der Waals surface area contributed by atoms with Gasteiger partial charge in [0, 0.05) is 0 Å². The van der Waals surface area contributed by atoms with Crippen molar-refractivity contribution in [2.24, 2.45) is 5.92 Å². The first-order valence-electron chi connectivity index (χ1n) is 7.83. The Morgan fingerprint density at radius 3 is 2.55 bits per heavy atom. The molecule has 22 heavy (non-hydrogen) atoms. The fraction of sp³-hybridized carbons (Fsp3) is 0.529. The Morgan fingerprint density at radius 1 is 1.32 bits per heavy atom. The predicted molar refractivity (Wildman–Crippen MR) is 80.2 cm³/mol. The van der Waals surface area contributed by atoms with Crippen LogP contribution in [0.3, 0.4) is 0 Å². The van der Waals surface area contributed by atoms with Gasteiger partial charge in [0.2, 0.25) is 5.91 Å². The molecule has 1 amide bonds. The minimum Gasteiger partial charge on any atom is -0.479 e. The summed E-state index contributed by atoms with van der Waals surface area (Å²) in [5.74, 6) is -1.47. The van der Waals surface area contributed by atoms with Gasteiger partial charge in [0.1, 0.15) is 0 Å². The first-order valence-corrected chi connectivity index (χ1v) is 7.83. The molecule has 4 unspecified atom stereocenters. The summed E-state index contributed by atoms with van der Waals surface area (Å²) in [4.78, 5) is 24.6. The Hall–Kier alpha value is -1.88. The smallest absolute Gasteiger partial charge is 0.334 e. The average Bonchev–Trinajstić information content (AvgIpc) is 3.16. The normalized spacial score (nSPS) is 29.0. The van der Waals surface area contributed by atoms with E-state index in [0.29, 0.717) is 18.4 Å². The third kappa shape index (κ3) is 2.39. The minimum atomic E-state index is -1.37. The second-order valence-corrected chi connectivity index (χ2v) is 6.14. The van der Waals surface area contributed by atoms with Crippen molar-refractivity contribution in [1.82, 2.24) is 5.32 Å². The summed E-state index contributed by atoms with van der Waals surface area (Å²) in [6.07, 6.45) is 3.00. The molecule has 2 heterocycles. The molecule has 1 aromatic rings. The van der Waals surface area contributed by atoms with E-state index in [0.717, 1.165) is 12.8 Å². The van der Waals surface area contributed by atoms with Crippen LogP contribution in [0.4, 0.5) is 0 Å². The standard InChI is InChI=1S/C17H21NO4/c1-2-17(16(20)21,11-6-4-3-5-7-11)18-15(19)13-10-12-8-9-14(13)22-12/h3-7,12-14H,2,8-10H2,1H3,(H,18,19)(H,20,21). The van der Waals surface area contributed by atoms with Crippen LogP contribution < -0.4 is 5.32 Å². The lowest BCUT2D eigenvalue weighted by atomic mass is 9.84. The molecule has 0 aliphatic carbocycles. The van der Waals surface area contributed by atoms with Gasteiger partial charge in [0.25, 0.3) is 0 Å². The van der Waals surface area contributed by atoms with Gasteiger partial charge in [-0.15, -0.1) is 0 Å². The number of hydrogen-bond acceptors (Lipinski definition) is 3. The zero-order chi connectivity index (χ0) is 15.7. The maximum absolute atomic E-state index is 12.6. The van der Waals surface area contributed by atoms with Crippen LogP contribution in [0.5, 0.6) is 0 Å². The van der Waals surface area contributed by atoms with Gasteiger partial charge in [-0.05, 0) is 31.2 Å². The van der Waals surface area contributed by atoms with E-state index in [9.17, 15) is 14.7 Å². The second kappa shape index (κ2) is 5.72. The van der Waals surface area contributed by atoms with E-state index in [-0.39, 0.29) is 24.0 Å². The number of amides is 1. The second-order valence-electron chi connectivity index (χ2n) is 6.14. The highest BCUT2D eigenvalue weighted by atomic mass is 16.5. The number of fused-ring (bicyclic) bond motifs is 2. The number of carbonyl (C=O) groups excluding carboxylic acids is 1. The molecule has 4 atom stereocenters. The van der Waals surface area contributed by atoms with Crippen LogP contribution in [-0.2, 0) is 19.9 Å². The summed E-state index contributed by atoms with van der Waals surface area (Å²) in [7, 11) is 0. The molecule has 1 aromatic carbocycles. The Kier molecular flexibility index (Phi) is 3.91. The zero-order valence-corrected chi connectivity index (χ0v) is 12.6. The molecule has 2 saturated heterocycles. The number of carboxylic acid groups (broad SMARTS) is 1. The highest BCUT2D eigenvalue weighted by Gasteiger charge is 2.48. The van der Waals surface area contributed by atoms with E-state index in [2.05, 4.69) is 5.32 Å². The highest BCUT2D eigenvalue weighted by Crippen LogP contribution is 2.39. The molecule has 2 bridgehead atoms. The van der Waals surface area contributed by atoms with Gasteiger partial charge in [-0.2, -0.15) is 0 Å². The maximum atomic E-state index is 12.6. The van der Waals surface area contributed by atoms with Crippen LogP contribution in [0.1, 0.15) is 38.2 Å². The van der Waals surface area contributed by atoms with E-state index in [4.69, 9.17) is 4.74 Å². The molecular weight excluding hydrogens is 282 g/mol. The molecule has 2 N–H and O–H groups in total. The van der Waals surface area contributed by atoms with Crippen LogP contribution in [0.2, 0.25) is 0 Å². The Morgan fingerprint density at radius 2 is 2.05 bits per heavy atom. The summed E-state index contributed by atoms with van der Waals surface area (Å²) in [6.45, 7) is 1.78. The van der Waals surface area contributed by atoms with Crippen molar-refractivity contribution in [3.05, 3.63) is 35.9 Å². The van der Waals surface area contributed by atoms with Crippen molar-refractivity contribution in [1.29, 1.82) is 0 Å². The van der Waals surface area contributed by atoms with E-state index >= 15 is 0 Å². The topological polar surface area (TPSA) is 75.6 Å². The van der Waals surface area contributed by atoms with E-state index in [1.807, 2.05) is 6.07 Å². The molecule has 118 valence electrons. The van der Waals surface area contributed by atoms with Crippen molar-refractivity contribution in [3.8, 4) is 0 Å². The fourth-order valence-electron chi connectivity index (χ4n) is 3.63. The van der Waals surface area contributed by atoms with Gasteiger partial charge in [-0.25, -0.2) is 4.79 Å². The lowest BCUT2D eigenvalue weighted by Gasteiger charge is -2.32. The summed E-state index contributed by atoms with van der Waals surface area (Å²) in [5.41, 5.74) is -0.775. The van der Waals surface area contributed by atoms with Gasteiger partial charge in [0.05, 0.1) is 18.1 Å². The fourth-order valence-corrected chi connectivity index (χ4v) is 3.63. The van der Waals surface area contributed by atoms with Gasteiger partial charge in [-0.3, -0.25) is 4.79 Å². The van der Waals surface area contributed by atoms with Crippen LogP contribution >= 0.6 is 0 Å². The largest absolute Gasteiger partial charge is 0.479 e. The molecule has 5 nitrogen and oxygen atoms in total. The quantitative estimate of drug-likeness (QED) is 0.873. The van der Waals surface area contributed by atoms with Crippen molar-refractivity contribution >= 4 is 11.9 Å². The first-order chi connectivity index (χ1) is 10.6. The van der Waals surface area contributed by atoms with Crippen LogP contribution in [0, 0.1) is 5.92 Å². The number of aliphatic carboxylic acids is 1. The number of benzene rings is 1. The predicted octanol–water partition coefficient (Wildman–Crippen LogP) is 2.06. The third-order valence-corrected chi connectivity index (χ3v) is 4.94. The van der Waals surface area contributed by atoms with Gasteiger partial charge in [-0.1, -0.05) is 37.3 Å². The molecule has 0 aromatic heterocycles. The summed E-state index contributed by atoms with van der Waals surface area (Å²) in [5, 5.41) is 12.6. The van der Waals surface area contributed by atoms with Crippen molar-refractivity contribution in [2.45, 2.75) is 50.4 Å².